The summed E-state index contributed by atoms with van der Waals surface area (Å²) in [7, 11) is -0.638. The molecule has 1 aromatic carbocycles. The minimum Gasteiger partial charge on any atom is -0.494 e. The van der Waals surface area contributed by atoms with Gasteiger partial charge in [0.2, 0.25) is 0 Å². The standard InChI is InChI=1S/C25H28N6O4S/c1-16-12-27-24(28-13-16)17(2)18(3)36(32,33)15-22-29-30-25(19-8-7-11-26-14-19)31(22)23-20(34-4)9-6-10-21(23)35-5/h6-14,17-18H,15H2,1-5H3/t17-,18-/m1/s1. The van der Waals surface area contributed by atoms with Crippen molar-refractivity contribution in [3.05, 3.63) is 72.3 Å². The molecule has 3 heterocycles. The Morgan fingerprint density at radius 3 is 2.19 bits per heavy atom. The van der Waals surface area contributed by atoms with Gasteiger partial charge in [0.25, 0.3) is 0 Å². The molecule has 2 atom stereocenters. The first-order chi connectivity index (χ1) is 17.3. The molecular formula is C25H28N6O4S. The van der Waals surface area contributed by atoms with Crippen LogP contribution >= 0.6 is 0 Å². The predicted octanol–water partition coefficient (Wildman–Crippen LogP) is 3.55. The summed E-state index contributed by atoms with van der Waals surface area (Å²) in [6, 6.07) is 8.92. The zero-order chi connectivity index (χ0) is 25.9. The number of hydrogen-bond donors (Lipinski definition) is 0. The third-order valence-corrected chi connectivity index (χ3v) is 8.29. The molecule has 4 rings (SSSR count). The van der Waals surface area contributed by atoms with E-state index in [2.05, 4.69) is 25.1 Å². The Kier molecular flexibility index (Phi) is 7.30. The van der Waals surface area contributed by atoms with E-state index < -0.39 is 21.0 Å². The number of benzene rings is 1. The van der Waals surface area contributed by atoms with Crippen molar-refractivity contribution < 1.29 is 17.9 Å². The molecule has 0 amide bonds. The summed E-state index contributed by atoms with van der Waals surface area (Å²) in [6.07, 6.45) is 6.65. The van der Waals surface area contributed by atoms with Crippen LogP contribution in [0.5, 0.6) is 11.5 Å². The van der Waals surface area contributed by atoms with Crippen molar-refractivity contribution in [2.75, 3.05) is 14.2 Å². The lowest BCUT2D eigenvalue weighted by Crippen LogP contribution is -2.27. The van der Waals surface area contributed by atoms with Crippen molar-refractivity contribution in [3.63, 3.8) is 0 Å². The Bertz CT molecular complexity index is 1420. The summed E-state index contributed by atoms with van der Waals surface area (Å²) in [5.74, 6) is 1.28. The lowest BCUT2D eigenvalue weighted by Gasteiger charge is -2.20. The largest absolute Gasteiger partial charge is 0.494 e. The van der Waals surface area contributed by atoms with Crippen LogP contribution < -0.4 is 9.47 Å². The second-order valence-corrected chi connectivity index (χ2v) is 10.8. The first-order valence-electron chi connectivity index (χ1n) is 11.3. The van der Waals surface area contributed by atoms with Gasteiger partial charge in [-0.1, -0.05) is 13.0 Å². The third kappa shape index (κ3) is 4.92. The lowest BCUT2D eigenvalue weighted by molar-refractivity contribution is 0.390. The summed E-state index contributed by atoms with van der Waals surface area (Å²) in [6.45, 7) is 5.35. The Labute approximate surface area is 210 Å². The fourth-order valence-corrected chi connectivity index (χ4v) is 5.40. The van der Waals surface area contributed by atoms with Crippen molar-refractivity contribution in [1.82, 2.24) is 29.7 Å². The molecule has 11 heteroatoms. The zero-order valence-corrected chi connectivity index (χ0v) is 21.6. The molecule has 0 N–H and O–H groups in total. The average Bonchev–Trinajstić information content (AvgIpc) is 3.30. The molecule has 188 valence electrons. The minimum absolute atomic E-state index is 0.223. The lowest BCUT2D eigenvalue weighted by atomic mass is 10.1. The topological polar surface area (TPSA) is 122 Å². The molecular weight excluding hydrogens is 480 g/mol. The maximum Gasteiger partial charge on any atom is 0.170 e. The van der Waals surface area contributed by atoms with Crippen LogP contribution in [0.1, 0.15) is 37.0 Å². The van der Waals surface area contributed by atoms with Crippen LogP contribution in [0.15, 0.2) is 55.1 Å². The number of nitrogens with zero attached hydrogens (tertiary/aromatic N) is 6. The summed E-state index contributed by atoms with van der Waals surface area (Å²) in [4.78, 5) is 12.8. The van der Waals surface area contributed by atoms with Crippen molar-refractivity contribution in [2.45, 2.75) is 37.7 Å². The fourth-order valence-electron chi connectivity index (χ4n) is 3.85. The van der Waals surface area contributed by atoms with E-state index in [1.54, 1.807) is 60.5 Å². The smallest absolute Gasteiger partial charge is 0.170 e. The van der Waals surface area contributed by atoms with E-state index in [0.29, 0.717) is 34.4 Å². The van der Waals surface area contributed by atoms with Gasteiger partial charge >= 0.3 is 0 Å². The first-order valence-corrected chi connectivity index (χ1v) is 13.0. The highest BCUT2D eigenvalue weighted by Crippen LogP contribution is 2.37. The average molecular weight is 509 g/mol. The van der Waals surface area contributed by atoms with Gasteiger partial charge in [0, 0.05) is 36.3 Å². The van der Waals surface area contributed by atoms with Crippen LogP contribution in [0.4, 0.5) is 0 Å². The molecule has 0 saturated carbocycles. The number of methoxy groups -OCH3 is 2. The first kappa shape index (κ1) is 25.2. The van der Waals surface area contributed by atoms with Crippen LogP contribution in [-0.2, 0) is 15.6 Å². The molecule has 3 aromatic heterocycles. The van der Waals surface area contributed by atoms with E-state index in [-0.39, 0.29) is 11.6 Å². The van der Waals surface area contributed by atoms with Crippen LogP contribution in [0.2, 0.25) is 0 Å². The van der Waals surface area contributed by atoms with Crippen molar-refractivity contribution >= 4 is 9.84 Å². The molecule has 10 nitrogen and oxygen atoms in total. The van der Waals surface area contributed by atoms with Gasteiger partial charge in [-0.3, -0.25) is 9.55 Å². The van der Waals surface area contributed by atoms with Crippen molar-refractivity contribution in [1.29, 1.82) is 0 Å². The van der Waals surface area contributed by atoms with Crippen molar-refractivity contribution in [2.24, 2.45) is 0 Å². The van der Waals surface area contributed by atoms with Gasteiger partial charge in [0.05, 0.1) is 19.5 Å². The molecule has 0 spiro atoms. The van der Waals surface area contributed by atoms with E-state index in [9.17, 15) is 8.42 Å². The maximum absolute atomic E-state index is 13.6. The van der Waals surface area contributed by atoms with Crippen molar-refractivity contribution in [3.8, 4) is 28.6 Å². The Balaban J connectivity index is 1.81. The van der Waals surface area contributed by atoms with Gasteiger partial charge in [-0.2, -0.15) is 0 Å². The number of pyridine rings is 1. The van der Waals surface area contributed by atoms with Gasteiger partial charge in [-0.15, -0.1) is 10.2 Å². The van der Waals surface area contributed by atoms with Gasteiger partial charge in [0.15, 0.2) is 21.5 Å². The zero-order valence-electron chi connectivity index (χ0n) is 20.8. The summed E-state index contributed by atoms with van der Waals surface area (Å²) >= 11 is 0. The van der Waals surface area contributed by atoms with Gasteiger partial charge in [0.1, 0.15) is 28.8 Å². The number of para-hydroxylation sites is 1. The highest BCUT2D eigenvalue weighted by molar-refractivity contribution is 7.91. The summed E-state index contributed by atoms with van der Waals surface area (Å²) in [5.41, 5.74) is 2.07. The molecule has 4 aromatic rings. The number of rotatable bonds is 9. The highest BCUT2D eigenvalue weighted by atomic mass is 32.2. The number of sulfone groups is 1. The summed E-state index contributed by atoms with van der Waals surface area (Å²) in [5, 5.41) is 7.87. The molecule has 0 fully saturated rings. The Morgan fingerprint density at radius 1 is 0.944 bits per heavy atom. The van der Waals surface area contributed by atoms with Gasteiger partial charge in [-0.05, 0) is 43.7 Å². The molecule has 0 aliphatic carbocycles. The quantitative estimate of drug-likeness (QED) is 0.334. The van der Waals surface area contributed by atoms with E-state index in [4.69, 9.17) is 9.47 Å². The van der Waals surface area contributed by atoms with Crippen LogP contribution in [0.25, 0.3) is 17.1 Å². The number of ether oxygens (including phenoxy) is 2. The number of aryl methyl sites for hydroxylation is 1. The van der Waals surface area contributed by atoms with Gasteiger partial charge < -0.3 is 9.47 Å². The SMILES string of the molecule is COc1cccc(OC)c1-n1c(CS(=O)(=O)[C@H](C)[C@@H](C)c2ncc(C)cn2)nnc1-c1cccnc1. The minimum atomic E-state index is -3.71. The van der Waals surface area contributed by atoms with E-state index in [1.165, 1.54) is 14.2 Å². The summed E-state index contributed by atoms with van der Waals surface area (Å²) < 4.78 is 40.1. The third-order valence-electron chi connectivity index (χ3n) is 6.08. The normalized spacial score (nSPS) is 13.2. The molecule has 0 aliphatic rings. The van der Waals surface area contributed by atoms with E-state index >= 15 is 0 Å². The van der Waals surface area contributed by atoms with Crippen LogP contribution in [0, 0.1) is 6.92 Å². The Morgan fingerprint density at radius 2 is 1.61 bits per heavy atom. The van der Waals surface area contributed by atoms with Crippen LogP contribution in [-0.4, -0.2) is 57.6 Å². The second-order valence-electron chi connectivity index (χ2n) is 8.45. The van der Waals surface area contributed by atoms with Gasteiger partial charge in [-0.25, -0.2) is 18.4 Å². The van der Waals surface area contributed by atoms with E-state index in [0.717, 1.165) is 5.56 Å². The molecule has 0 unspecified atom stereocenters. The Hall–Kier alpha value is -3.86. The highest BCUT2D eigenvalue weighted by Gasteiger charge is 2.33. The van der Waals surface area contributed by atoms with E-state index in [1.807, 2.05) is 19.9 Å². The number of hydrogen-bond acceptors (Lipinski definition) is 9. The second kappa shape index (κ2) is 10.4. The molecule has 36 heavy (non-hydrogen) atoms. The molecule has 0 saturated heterocycles. The maximum atomic E-state index is 13.6. The molecule has 0 bridgehead atoms. The molecule has 0 radical (unpaired) electrons. The monoisotopic (exact) mass is 508 g/mol. The molecule has 0 aliphatic heterocycles. The fraction of sp³-hybridized carbons (Fsp3) is 0.320. The predicted molar refractivity (Wildman–Crippen MR) is 135 cm³/mol. The number of aromatic nitrogens is 6. The van der Waals surface area contributed by atoms with Crippen LogP contribution in [0.3, 0.4) is 0 Å².